The fraction of sp³-hybridized carbons (Fsp3) is 0.500. The van der Waals surface area contributed by atoms with Crippen LogP contribution in [0.3, 0.4) is 0 Å². The van der Waals surface area contributed by atoms with Crippen LogP contribution in [-0.2, 0) is 4.79 Å². The fourth-order valence-electron chi connectivity index (χ4n) is 2.48. The van der Waals surface area contributed by atoms with Gasteiger partial charge in [0, 0.05) is 5.25 Å². The molecular weight excluding hydrogens is 268 g/mol. The van der Waals surface area contributed by atoms with Crippen LogP contribution in [0.4, 0.5) is 5.69 Å². The zero-order chi connectivity index (χ0) is 14.4. The molecule has 20 heavy (non-hydrogen) atoms. The van der Waals surface area contributed by atoms with Crippen molar-refractivity contribution in [3.05, 3.63) is 29.8 Å². The summed E-state index contributed by atoms with van der Waals surface area (Å²) in [7, 11) is 0. The molecule has 1 saturated carbocycles. The monoisotopic (exact) mass is 288 g/mol. The highest BCUT2D eigenvalue weighted by molar-refractivity contribution is 8.01. The van der Waals surface area contributed by atoms with E-state index < -0.39 is 0 Å². The number of hydrogen-bond donors (Lipinski definition) is 1. The Morgan fingerprint density at radius 3 is 2.75 bits per heavy atom. The second-order valence-corrected chi connectivity index (χ2v) is 6.83. The number of hydrogen-bond acceptors (Lipinski definition) is 3. The number of carbonyl (C=O) groups excluding carboxylic acids is 1. The molecule has 0 saturated heterocycles. The van der Waals surface area contributed by atoms with Crippen LogP contribution in [-0.4, -0.2) is 16.4 Å². The molecule has 1 aliphatic carbocycles. The number of thioether (sulfide) groups is 1. The molecule has 0 heterocycles. The molecule has 0 radical (unpaired) electrons. The van der Waals surface area contributed by atoms with Crippen molar-refractivity contribution >= 4 is 23.4 Å². The van der Waals surface area contributed by atoms with Crippen molar-refractivity contribution in [2.45, 2.75) is 49.5 Å². The third-order valence-corrected chi connectivity index (χ3v) is 5.10. The Labute approximate surface area is 124 Å². The third-order valence-electron chi connectivity index (χ3n) is 3.62. The highest BCUT2D eigenvalue weighted by atomic mass is 32.2. The number of nitrogens with zero attached hydrogens (tertiary/aromatic N) is 1. The minimum Gasteiger partial charge on any atom is -0.324 e. The Kier molecular flexibility index (Phi) is 5.49. The summed E-state index contributed by atoms with van der Waals surface area (Å²) in [5.41, 5.74) is 1.12. The SMILES string of the molecule is C[C@H](SC1CCCCC1)C(=O)Nc1ccccc1C#N. The lowest BCUT2D eigenvalue weighted by Gasteiger charge is -2.24. The molecule has 1 aromatic carbocycles. The van der Waals surface area contributed by atoms with Gasteiger partial charge in [0.1, 0.15) is 6.07 Å². The van der Waals surface area contributed by atoms with Crippen molar-refractivity contribution in [3.63, 3.8) is 0 Å². The predicted octanol–water partition coefficient (Wildman–Crippen LogP) is 3.95. The van der Waals surface area contributed by atoms with Gasteiger partial charge >= 0.3 is 0 Å². The van der Waals surface area contributed by atoms with Crippen LogP contribution in [0.25, 0.3) is 0 Å². The van der Waals surface area contributed by atoms with Crippen molar-refractivity contribution in [2.75, 3.05) is 5.32 Å². The number of rotatable bonds is 4. The Morgan fingerprint density at radius 2 is 2.05 bits per heavy atom. The van der Waals surface area contributed by atoms with Crippen molar-refractivity contribution < 1.29 is 4.79 Å². The number of nitriles is 1. The van der Waals surface area contributed by atoms with E-state index >= 15 is 0 Å². The number of benzene rings is 1. The Balaban J connectivity index is 1.92. The van der Waals surface area contributed by atoms with Crippen LogP contribution in [0.2, 0.25) is 0 Å². The molecule has 2 rings (SSSR count). The van der Waals surface area contributed by atoms with Crippen molar-refractivity contribution in [1.82, 2.24) is 0 Å². The minimum absolute atomic E-state index is 0.0109. The van der Waals surface area contributed by atoms with Crippen LogP contribution in [0.1, 0.15) is 44.6 Å². The van der Waals surface area contributed by atoms with Gasteiger partial charge in [-0.15, -0.1) is 11.8 Å². The first kappa shape index (κ1) is 14.9. The zero-order valence-electron chi connectivity index (χ0n) is 11.8. The van der Waals surface area contributed by atoms with Gasteiger partial charge in [0.25, 0.3) is 0 Å². The largest absolute Gasteiger partial charge is 0.324 e. The maximum Gasteiger partial charge on any atom is 0.237 e. The fourth-order valence-corrected chi connectivity index (χ4v) is 3.84. The number of nitrogens with one attached hydrogen (secondary N) is 1. The summed E-state index contributed by atoms with van der Waals surface area (Å²) in [4.78, 5) is 12.2. The smallest absolute Gasteiger partial charge is 0.237 e. The van der Waals surface area contributed by atoms with Gasteiger partial charge < -0.3 is 5.32 Å². The molecule has 1 fully saturated rings. The summed E-state index contributed by atoms with van der Waals surface area (Å²) in [6.07, 6.45) is 6.33. The second-order valence-electron chi connectivity index (χ2n) is 5.18. The highest BCUT2D eigenvalue weighted by Gasteiger charge is 2.21. The number of anilines is 1. The van der Waals surface area contributed by atoms with E-state index in [2.05, 4.69) is 11.4 Å². The molecular formula is C16H20N2OS. The first-order valence-corrected chi connectivity index (χ1v) is 8.10. The van der Waals surface area contributed by atoms with E-state index in [4.69, 9.17) is 5.26 Å². The van der Waals surface area contributed by atoms with Crippen molar-refractivity contribution in [2.24, 2.45) is 0 Å². The van der Waals surface area contributed by atoms with E-state index in [1.165, 1.54) is 32.1 Å². The highest BCUT2D eigenvalue weighted by Crippen LogP contribution is 2.31. The molecule has 0 aromatic heterocycles. The van der Waals surface area contributed by atoms with E-state index in [1.807, 2.05) is 13.0 Å². The number of para-hydroxylation sites is 1. The lowest BCUT2D eigenvalue weighted by molar-refractivity contribution is -0.115. The van der Waals surface area contributed by atoms with Gasteiger partial charge in [-0.25, -0.2) is 0 Å². The summed E-state index contributed by atoms with van der Waals surface area (Å²) >= 11 is 1.77. The minimum atomic E-state index is -0.0788. The maximum atomic E-state index is 12.2. The number of amides is 1. The molecule has 106 valence electrons. The van der Waals surface area contributed by atoms with Gasteiger partial charge in [-0.05, 0) is 31.9 Å². The molecule has 1 atom stereocenters. The van der Waals surface area contributed by atoms with Gasteiger partial charge in [-0.2, -0.15) is 5.26 Å². The predicted molar refractivity (Wildman–Crippen MR) is 83.7 cm³/mol. The maximum absolute atomic E-state index is 12.2. The summed E-state index contributed by atoms with van der Waals surface area (Å²) in [5.74, 6) is -0.0109. The quantitative estimate of drug-likeness (QED) is 0.912. The summed E-state index contributed by atoms with van der Waals surface area (Å²) in [5, 5.41) is 12.4. The Morgan fingerprint density at radius 1 is 1.35 bits per heavy atom. The van der Waals surface area contributed by atoms with Crippen LogP contribution >= 0.6 is 11.8 Å². The summed E-state index contributed by atoms with van der Waals surface area (Å²) in [6.45, 7) is 1.95. The van der Waals surface area contributed by atoms with Crippen molar-refractivity contribution in [1.29, 1.82) is 5.26 Å². The molecule has 1 amide bonds. The van der Waals surface area contributed by atoms with Crippen LogP contribution in [0.15, 0.2) is 24.3 Å². The van der Waals surface area contributed by atoms with Crippen LogP contribution < -0.4 is 5.32 Å². The molecule has 4 heteroatoms. The molecule has 1 aromatic rings. The van der Waals surface area contributed by atoms with Gasteiger partial charge in [0.05, 0.1) is 16.5 Å². The summed E-state index contributed by atoms with van der Waals surface area (Å²) in [6, 6.07) is 9.22. The average Bonchev–Trinajstić information content (AvgIpc) is 2.48. The topological polar surface area (TPSA) is 52.9 Å². The van der Waals surface area contributed by atoms with Gasteiger partial charge in [-0.3, -0.25) is 4.79 Å². The first-order valence-electron chi connectivity index (χ1n) is 7.16. The summed E-state index contributed by atoms with van der Waals surface area (Å²) < 4.78 is 0. The first-order chi connectivity index (χ1) is 9.70. The zero-order valence-corrected chi connectivity index (χ0v) is 12.6. The molecule has 1 N–H and O–H groups in total. The van der Waals surface area contributed by atoms with Crippen LogP contribution in [0, 0.1) is 11.3 Å². The number of carbonyl (C=O) groups is 1. The van der Waals surface area contributed by atoms with E-state index in [-0.39, 0.29) is 11.2 Å². The average molecular weight is 288 g/mol. The van der Waals surface area contributed by atoms with Gasteiger partial charge in [-0.1, -0.05) is 31.4 Å². The Bertz CT molecular complexity index is 503. The van der Waals surface area contributed by atoms with Crippen LogP contribution in [0.5, 0.6) is 0 Å². The van der Waals surface area contributed by atoms with Crippen molar-refractivity contribution in [3.8, 4) is 6.07 Å². The standard InChI is InChI=1S/C16H20N2OS/c1-12(20-14-8-3-2-4-9-14)16(19)18-15-10-6-5-7-13(15)11-17/h5-7,10,12,14H,2-4,8-9H2,1H3,(H,18,19)/t12-/m0/s1. The molecule has 0 bridgehead atoms. The molecule has 0 unspecified atom stereocenters. The van der Waals surface area contributed by atoms with Gasteiger partial charge in [0.2, 0.25) is 5.91 Å². The lowest BCUT2D eigenvalue weighted by atomic mass is 10.0. The third kappa shape index (κ3) is 4.01. The normalized spacial score (nSPS) is 17.2. The molecule has 0 aliphatic heterocycles. The second kappa shape index (κ2) is 7.35. The van der Waals surface area contributed by atoms with E-state index in [9.17, 15) is 4.79 Å². The molecule has 1 aliphatic rings. The lowest BCUT2D eigenvalue weighted by Crippen LogP contribution is -2.25. The van der Waals surface area contributed by atoms with E-state index in [0.29, 0.717) is 16.5 Å². The van der Waals surface area contributed by atoms with Gasteiger partial charge in [0.15, 0.2) is 0 Å². The Hall–Kier alpha value is -1.47. The van der Waals surface area contributed by atoms with E-state index in [1.54, 1.807) is 30.0 Å². The van der Waals surface area contributed by atoms with E-state index in [0.717, 1.165) is 0 Å². The molecule has 3 nitrogen and oxygen atoms in total. The molecule has 0 spiro atoms.